The zero-order chi connectivity index (χ0) is 13.1. The maximum atomic E-state index is 10.7. The van der Waals surface area contributed by atoms with Gasteiger partial charge in [0.25, 0.3) is 0 Å². The van der Waals surface area contributed by atoms with E-state index in [2.05, 4.69) is 0 Å². The van der Waals surface area contributed by atoms with Gasteiger partial charge in [0.15, 0.2) is 0 Å². The average molecular weight is 282 g/mol. The third-order valence-electron chi connectivity index (χ3n) is 2.51. The van der Waals surface area contributed by atoms with E-state index in [-0.39, 0.29) is 0 Å². The molecule has 0 aliphatic heterocycles. The van der Waals surface area contributed by atoms with E-state index in [1.54, 1.807) is 0 Å². The standard InChI is InChI=1S/C13H12ClNO2S/c14-9-3-1-2-8(6-9)12-5-4-10(18-12)7-11(15)13(16)17/h1-6,11H,7,15H2,(H,16,17). The molecule has 1 unspecified atom stereocenters. The van der Waals surface area contributed by atoms with E-state index in [4.69, 9.17) is 22.4 Å². The Morgan fingerprint density at radius 1 is 1.39 bits per heavy atom. The molecule has 0 aliphatic rings. The predicted octanol–water partition coefficient (Wildman–Crippen LogP) is 3.02. The number of aliphatic carboxylic acids is 1. The molecule has 0 aliphatic carbocycles. The number of carbonyl (C=O) groups is 1. The Morgan fingerprint density at radius 3 is 2.83 bits per heavy atom. The zero-order valence-electron chi connectivity index (χ0n) is 9.47. The second-order valence-corrected chi connectivity index (χ2v) is 5.53. The number of nitrogens with two attached hydrogens (primary N) is 1. The van der Waals surface area contributed by atoms with Crippen LogP contribution in [-0.4, -0.2) is 17.1 Å². The lowest BCUT2D eigenvalue weighted by molar-refractivity contribution is -0.138. The Morgan fingerprint density at radius 2 is 2.17 bits per heavy atom. The lowest BCUT2D eigenvalue weighted by Gasteiger charge is -2.03. The summed E-state index contributed by atoms with van der Waals surface area (Å²) in [5.41, 5.74) is 6.54. The summed E-state index contributed by atoms with van der Waals surface area (Å²) in [6.07, 6.45) is 0.348. The smallest absolute Gasteiger partial charge is 0.320 e. The third-order valence-corrected chi connectivity index (χ3v) is 3.90. The van der Waals surface area contributed by atoms with E-state index < -0.39 is 12.0 Å². The van der Waals surface area contributed by atoms with Gasteiger partial charge in [0.2, 0.25) is 0 Å². The van der Waals surface area contributed by atoms with Gasteiger partial charge in [-0.25, -0.2) is 0 Å². The molecule has 3 N–H and O–H groups in total. The van der Waals surface area contributed by atoms with Gasteiger partial charge in [0.1, 0.15) is 6.04 Å². The molecule has 0 fully saturated rings. The number of carboxylic acid groups (broad SMARTS) is 1. The Balaban J connectivity index is 2.18. The molecule has 1 aromatic heterocycles. The Hall–Kier alpha value is -1.36. The van der Waals surface area contributed by atoms with E-state index in [1.807, 2.05) is 36.4 Å². The van der Waals surface area contributed by atoms with Crippen LogP contribution in [0.5, 0.6) is 0 Å². The fourth-order valence-corrected chi connectivity index (χ4v) is 2.84. The normalized spacial score (nSPS) is 12.3. The van der Waals surface area contributed by atoms with Crippen LogP contribution in [0.25, 0.3) is 10.4 Å². The van der Waals surface area contributed by atoms with Crippen molar-refractivity contribution in [2.24, 2.45) is 5.73 Å². The van der Waals surface area contributed by atoms with Crippen molar-refractivity contribution in [2.45, 2.75) is 12.5 Å². The lowest BCUT2D eigenvalue weighted by Crippen LogP contribution is -2.31. The number of benzene rings is 1. The minimum absolute atomic E-state index is 0.348. The second kappa shape index (κ2) is 5.52. The van der Waals surface area contributed by atoms with Crippen LogP contribution in [0, 0.1) is 0 Å². The molecule has 2 rings (SSSR count). The molecule has 1 heterocycles. The topological polar surface area (TPSA) is 63.3 Å². The maximum Gasteiger partial charge on any atom is 0.320 e. The second-order valence-electron chi connectivity index (χ2n) is 3.93. The van der Waals surface area contributed by atoms with Gasteiger partial charge < -0.3 is 10.8 Å². The van der Waals surface area contributed by atoms with E-state index in [9.17, 15) is 4.79 Å². The summed E-state index contributed by atoms with van der Waals surface area (Å²) in [5.74, 6) is -0.979. The van der Waals surface area contributed by atoms with Gasteiger partial charge in [-0.1, -0.05) is 23.7 Å². The van der Waals surface area contributed by atoms with Crippen molar-refractivity contribution in [3.8, 4) is 10.4 Å². The Kier molecular flexibility index (Phi) is 4.01. The van der Waals surface area contributed by atoms with Crippen LogP contribution in [0.15, 0.2) is 36.4 Å². The fraction of sp³-hybridized carbons (Fsp3) is 0.154. The quantitative estimate of drug-likeness (QED) is 0.905. The Labute approximate surface area is 114 Å². The molecule has 1 atom stereocenters. The summed E-state index contributed by atoms with van der Waals surface area (Å²) < 4.78 is 0. The monoisotopic (exact) mass is 281 g/mol. The highest BCUT2D eigenvalue weighted by Crippen LogP contribution is 2.30. The van der Waals surface area contributed by atoms with Crippen molar-refractivity contribution in [2.75, 3.05) is 0 Å². The summed E-state index contributed by atoms with van der Waals surface area (Å²) in [4.78, 5) is 12.7. The molecule has 0 saturated carbocycles. The third kappa shape index (κ3) is 3.10. The van der Waals surface area contributed by atoms with Gasteiger partial charge in [-0.15, -0.1) is 11.3 Å². The number of hydrogen-bond donors (Lipinski definition) is 2. The van der Waals surface area contributed by atoms with Crippen molar-refractivity contribution in [1.29, 1.82) is 0 Å². The van der Waals surface area contributed by atoms with Gasteiger partial charge in [-0.05, 0) is 29.8 Å². The summed E-state index contributed by atoms with van der Waals surface area (Å²) in [6, 6.07) is 10.6. The molecule has 0 radical (unpaired) electrons. The number of carboxylic acids is 1. The van der Waals surface area contributed by atoms with Crippen LogP contribution in [0.4, 0.5) is 0 Å². The minimum atomic E-state index is -0.979. The molecule has 0 bridgehead atoms. The molecule has 5 heteroatoms. The van der Waals surface area contributed by atoms with Gasteiger partial charge in [-0.2, -0.15) is 0 Å². The molecule has 2 aromatic rings. The van der Waals surface area contributed by atoms with E-state index in [0.29, 0.717) is 11.4 Å². The molecule has 0 saturated heterocycles. The van der Waals surface area contributed by atoms with Crippen molar-refractivity contribution < 1.29 is 9.90 Å². The molecule has 94 valence electrons. The van der Waals surface area contributed by atoms with Crippen LogP contribution >= 0.6 is 22.9 Å². The maximum absolute atomic E-state index is 10.7. The average Bonchev–Trinajstić information content (AvgIpc) is 2.77. The van der Waals surface area contributed by atoms with Crippen molar-refractivity contribution in [3.05, 3.63) is 46.3 Å². The number of halogens is 1. The summed E-state index contributed by atoms with van der Waals surface area (Å²) in [6.45, 7) is 0. The molecule has 0 amide bonds. The van der Waals surface area contributed by atoms with Gasteiger partial charge in [0.05, 0.1) is 0 Å². The minimum Gasteiger partial charge on any atom is -0.480 e. The van der Waals surface area contributed by atoms with E-state index in [1.165, 1.54) is 11.3 Å². The van der Waals surface area contributed by atoms with Crippen molar-refractivity contribution in [3.63, 3.8) is 0 Å². The number of hydrogen-bond acceptors (Lipinski definition) is 3. The number of rotatable bonds is 4. The van der Waals surface area contributed by atoms with Crippen molar-refractivity contribution in [1.82, 2.24) is 0 Å². The molecular formula is C13H12ClNO2S. The van der Waals surface area contributed by atoms with Crippen LogP contribution < -0.4 is 5.73 Å². The predicted molar refractivity (Wildman–Crippen MR) is 74.1 cm³/mol. The Bertz CT molecular complexity index is 568. The molecule has 0 spiro atoms. The number of thiophene rings is 1. The summed E-state index contributed by atoms with van der Waals surface area (Å²) in [5, 5.41) is 9.45. The molecule has 18 heavy (non-hydrogen) atoms. The van der Waals surface area contributed by atoms with Crippen LogP contribution in [0.3, 0.4) is 0 Å². The van der Waals surface area contributed by atoms with Gasteiger partial charge in [-0.3, -0.25) is 4.79 Å². The first-order valence-corrected chi connectivity index (χ1v) is 6.59. The molecule has 1 aromatic carbocycles. The highest BCUT2D eigenvalue weighted by Gasteiger charge is 2.13. The molecule has 3 nitrogen and oxygen atoms in total. The van der Waals surface area contributed by atoms with Gasteiger partial charge in [0, 0.05) is 21.2 Å². The largest absolute Gasteiger partial charge is 0.480 e. The highest BCUT2D eigenvalue weighted by atomic mass is 35.5. The summed E-state index contributed by atoms with van der Waals surface area (Å²) in [7, 11) is 0. The van der Waals surface area contributed by atoms with E-state index in [0.717, 1.165) is 15.3 Å². The summed E-state index contributed by atoms with van der Waals surface area (Å²) >= 11 is 7.47. The van der Waals surface area contributed by atoms with Crippen LogP contribution in [0.1, 0.15) is 4.88 Å². The first-order chi connectivity index (χ1) is 8.56. The van der Waals surface area contributed by atoms with Crippen LogP contribution in [-0.2, 0) is 11.2 Å². The first kappa shape index (κ1) is 13.1. The van der Waals surface area contributed by atoms with Gasteiger partial charge >= 0.3 is 5.97 Å². The SMILES string of the molecule is NC(Cc1ccc(-c2cccc(Cl)c2)s1)C(=O)O. The molecular weight excluding hydrogens is 270 g/mol. The lowest BCUT2D eigenvalue weighted by atomic mass is 10.2. The zero-order valence-corrected chi connectivity index (χ0v) is 11.0. The van der Waals surface area contributed by atoms with Crippen molar-refractivity contribution >= 4 is 28.9 Å². The highest BCUT2D eigenvalue weighted by molar-refractivity contribution is 7.15. The van der Waals surface area contributed by atoms with E-state index >= 15 is 0 Å². The first-order valence-electron chi connectivity index (χ1n) is 5.39. The van der Waals surface area contributed by atoms with Crippen LogP contribution in [0.2, 0.25) is 5.02 Å². The fourth-order valence-electron chi connectivity index (χ4n) is 1.59.